The van der Waals surface area contributed by atoms with Crippen molar-refractivity contribution in [2.45, 2.75) is 166 Å². The highest BCUT2D eigenvalue weighted by Gasteiger charge is 2.56. The molecule has 344 valence electrons. The van der Waals surface area contributed by atoms with Gasteiger partial charge in [0.15, 0.2) is 12.2 Å². The monoisotopic (exact) mass is 882 g/mol. The van der Waals surface area contributed by atoms with Crippen molar-refractivity contribution in [2.75, 3.05) is 25.7 Å². The fourth-order valence-electron chi connectivity index (χ4n) is 6.00. The van der Waals surface area contributed by atoms with Crippen molar-refractivity contribution < 1.29 is 62.9 Å². The maximum Gasteiger partial charge on any atom is 0.311 e. The lowest BCUT2D eigenvalue weighted by molar-refractivity contribution is -0.294. The van der Waals surface area contributed by atoms with Crippen molar-refractivity contribution in [1.82, 2.24) is 9.78 Å². The van der Waals surface area contributed by atoms with E-state index >= 15 is 0 Å². The minimum atomic E-state index is -1.74. The molecule has 61 heavy (non-hydrogen) atoms. The molecule has 0 radical (unpaired) electrons. The van der Waals surface area contributed by atoms with Crippen LogP contribution >= 0.6 is 11.6 Å². The predicted molar refractivity (Wildman–Crippen MR) is 231 cm³/mol. The highest BCUT2D eigenvalue weighted by Crippen LogP contribution is 2.38. The zero-order valence-electron chi connectivity index (χ0n) is 41.9. The number of hydrogen-bond donors (Lipinski definition) is 1. The second kappa shape index (κ2) is 21.0. The van der Waals surface area contributed by atoms with Crippen LogP contribution in [-0.4, -0.2) is 95.2 Å². The van der Waals surface area contributed by atoms with E-state index in [-0.39, 0.29) is 31.7 Å². The fourth-order valence-corrected chi connectivity index (χ4v) is 6.11. The number of rotatable bonds is 17. The average molecular weight is 884 g/mol. The van der Waals surface area contributed by atoms with E-state index in [4.69, 9.17) is 55.3 Å². The number of aliphatic hydroxyl groups is 1. The number of esters is 4. The van der Waals surface area contributed by atoms with Crippen LogP contribution in [0.5, 0.6) is 11.6 Å². The molecule has 1 aliphatic heterocycles. The minimum absolute atomic E-state index is 0.0349. The van der Waals surface area contributed by atoms with Gasteiger partial charge in [-0.1, -0.05) is 19.9 Å². The highest BCUT2D eigenvalue weighted by atomic mass is 35.5. The molecule has 1 fully saturated rings. The molecule has 15 heteroatoms. The van der Waals surface area contributed by atoms with Gasteiger partial charge in [-0.2, -0.15) is 0 Å². The molecular weight excluding hydrogens is 808 g/mol. The molecule has 0 spiro atoms. The van der Waals surface area contributed by atoms with Crippen molar-refractivity contribution in [1.29, 1.82) is 0 Å². The molecule has 2 heterocycles. The summed E-state index contributed by atoms with van der Waals surface area (Å²) in [6.45, 7) is 16.3. The summed E-state index contributed by atoms with van der Waals surface area (Å²) in [4.78, 5) is 55.3. The van der Waals surface area contributed by atoms with Crippen molar-refractivity contribution in [3.63, 3.8) is 0 Å². The van der Waals surface area contributed by atoms with Crippen molar-refractivity contribution in [3.05, 3.63) is 40.6 Å². The van der Waals surface area contributed by atoms with Gasteiger partial charge in [-0.3, -0.25) is 23.9 Å². The Morgan fingerprint density at radius 1 is 0.852 bits per heavy atom. The van der Waals surface area contributed by atoms with E-state index in [9.17, 15) is 24.3 Å². The zero-order chi connectivity index (χ0) is 49.1. The molecule has 14 nitrogen and oxygen atoms in total. The van der Waals surface area contributed by atoms with Crippen LogP contribution in [0.1, 0.15) is 143 Å². The number of halogens is 1. The molecule has 1 aromatic carbocycles. The molecule has 0 bridgehead atoms. The van der Waals surface area contributed by atoms with Gasteiger partial charge in [-0.25, -0.2) is 0 Å². The Balaban J connectivity index is 2.38. The third kappa shape index (κ3) is 14.3. The molecule has 3 rings (SSSR count). The van der Waals surface area contributed by atoms with Gasteiger partial charge in [0, 0.05) is 42.2 Å². The van der Waals surface area contributed by atoms with Crippen LogP contribution in [0.15, 0.2) is 18.2 Å². The molecule has 1 N–H and O–H groups in total. The third-order valence-corrected chi connectivity index (χ3v) is 9.76. The Bertz CT molecular complexity index is 1920. The number of aromatic nitrogens is 2. The second-order valence-corrected chi connectivity index (χ2v) is 19.1. The first-order chi connectivity index (χ1) is 30.3. The molecule has 1 aromatic heterocycles. The summed E-state index contributed by atoms with van der Waals surface area (Å²) in [6, 6.07) is 5.70. The van der Waals surface area contributed by atoms with E-state index in [0.717, 1.165) is 16.8 Å². The maximum absolute atomic E-state index is 14.0. The first-order valence-corrected chi connectivity index (χ1v) is 21.2. The van der Waals surface area contributed by atoms with E-state index in [1.165, 1.54) is 55.4 Å². The molecule has 1 saturated heterocycles. The Morgan fingerprint density at radius 3 is 1.93 bits per heavy atom. The van der Waals surface area contributed by atoms with Crippen LogP contribution in [-0.2, 0) is 55.8 Å². The van der Waals surface area contributed by atoms with Crippen LogP contribution in [0.25, 0.3) is 0 Å². The van der Waals surface area contributed by atoms with Gasteiger partial charge >= 0.3 is 23.9 Å². The number of alkyl halides is 1. The Hall–Kier alpha value is -3.88. The summed E-state index contributed by atoms with van der Waals surface area (Å²) in [7, 11) is 0. The topological polar surface area (TPSA) is 171 Å². The quantitative estimate of drug-likeness (QED) is 0.0706. The summed E-state index contributed by atoms with van der Waals surface area (Å²) >= 11 is 5.86. The van der Waals surface area contributed by atoms with Gasteiger partial charge in [0.1, 0.15) is 18.5 Å². The Morgan fingerprint density at radius 2 is 1.41 bits per heavy atom. The number of aliphatic hydroxyl groups excluding tert-OH is 1. The van der Waals surface area contributed by atoms with Crippen LogP contribution in [0.4, 0.5) is 0 Å². The minimum Gasteiger partial charge on any atom is -0.494 e. The number of carbonyl (C=O) groups excluding carboxylic acids is 4. The van der Waals surface area contributed by atoms with E-state index in [1.807, 2.05) is 39.0 Å². The van der Waals surface area contributed by atoms with E-state index in [2.05, 4.69) is 0 Å². The fraction of sp³-hybridized carbons (Fsp3) is 0.717. The first-order valence-electron chi connectivity index (χ1n) is 23.5. The zero-order valence-corrected chi connectivity index (χ0v) is 38.6. The molecule has 0 aliphatic carbocycles. The molecule has 5 atom stereocenters. The average Bonchev–Trinajstić information content (AvgIpc) is 3.60. The summed E-state index contributed by atoms with van der Waals surface area (Å²) in [5, 5.41) is 14.7. The van der Waals surface area contributed by atoms with Gasteiger partial charge in [0.2, 0.25) is 18.3 Å². The first kappa shape index (κ1) is 45.2. The molecule has 1 unspecified atom stereocenters. The molecule has 1 aliphatic rings. The summed E-state index contributed by atoms with van der Waals surface area (Å²) < 4.78 is 77.3. The molecule has 0 amide bonds. The SMILES string of the molecule is [2H]CC(C)(C)C(=O)OC[C@H]1OC(Oc2nn(CCCO)c(C(C)C)c2Cc2ccc(OCCCCl)cc2C)[C@H](OC(=O)C(C)(C)C[2H])[C@@H](OC(=O)C(C)(C)C[2H])[C@@H]1OC(=O)C(C)(C)C[2H]. The van der Waals surface area contributed by atoms with Crippen LogP contribution < -0.4 is 9.47 Å². The lowest BCUT2D eigenvalue weighted by atomic mass is 9.93. The predicted octanol–water partition coefficient (Wildman–Crippen LogP) is 7.86. The van der Waals surface area contributed by atoms with E-state index in [1.54, 1.807) is 4.68 Å². The number of nitrogens with zero attached hydrogens (tertiary/aromatic N) is 2. The van der Waals surface area contributed by atoms with E-state index in [0.29, 0.717) is 43.2 Å². The van der Waals surface area contributed by atoms with Gasteiger partial charge < -0.3 is 38.3 Å². The summed E-state index contributed by atoms with van der Waals surface area (Å²) in [6.07, 6.45) is -7.04. The largest absolute Gasteiger partial charge is 0.494 e. The normalized spacial score (nSPS) is 20.8. The number of hydrogen-bond acceptors (Lipinski definition) is 13. The Kier molecular flexibility index (Phi) is 15.5. The van der Waals surface area contributed by atoms with E-state index < -0.39 is 104 Å². The highest BCUT2D eigenvalue weighted by molar-refractivity contribution is 6.17. The van der Waals surface area contributed by atoms with Gasteiger partial charge in [-0.15, -0.1) is 16.7 Å². The van der Waals surface area contributed by atoms with Gasteiger partial charge in [0.05, 0.1) is 28.3 Å². The van der Waals surface area contributed by atoms with Gasteiger partial charge in [-0.05, 0) is 132 Å². The molecule has 0 saturated carbocycles. The van der Waals surface area contributed by atoms with Crippen LogP contribution in [0.3, 0.4) is 0 Å². The van der Waals surface area contributed by atoms with Crippen molar-refractivity contribution >= 4 is 35.5 Å². The number of benzene rings is 1. The third-order valence-electron chi connectivity index (χ3n) is 9.50. The summed E-state index contributed by atoms with van der Waals surface area (Å²) in [5.41, 5.74) is -2.32. The maximum atomic E-state index is 14.0. The Labute approximate surface area is 373 Å². The lowest BCUT2D eigenvalue weighted by Crippen LogP contribution is -2.65. The smallest absolute Gasteiger partial charge is 0.311 e. The van der Waals surface area contributed by atoms with Crippen LogP contribution in [0, 0.1) is 28.6 Å². The number of ether oxygens (including phenoxy) is 7. The number of aryl methyl sites for hydroxylation is 2. The summed E-state index contributed by atoms with van der Waals surface area (Å²) in [5.74, 6) is -2.49. The molecular formula is C46H71ClN2O12. The van der Waals surface area contributed by atoms with Crippen molar-refractivity contribution in [3.8, 4) is 11.6 Å². The second-order valence-electron chi connectivity index (χ2n) is 18.7. The lowest BCUT2D eigenvalue weighted by Gasteiger charge is -2.45. The van der Waals surface area contributed by atoms with Gasteiger partial charge in [0.25, 0.3) is 0 Å². The van der Waals surface area contributed by atoms with Crippen LogP contribution in [0.2, 0.25) is 0 Å². The number of carbonyl (C=O) groups is 4. The molecule has 2 aromatic rings. The van der Waals surface area contributed by atoms with Crippen molar-refractivity contribution in [2.24, 2.45) is 21.7 Å². The standard InChI is InChI=1S/C46H71ClN2O12/c1-27(2)33-31(25-29-18-19-30(24-28(29)3)55-23-16-20-47)37(48-49(33)21-17-22-50)61-38-36(60-42(54)46(13,14)15)35(59-41(53)45(10,11)12)34(58-40(52)44(7,8)9)32(57-38)26-56-39(51)43(4,5)6/h18-19,24,27,32,34-36,38,50H,16-17,20-23,25-26H2,1-15H3/t32-,34-,35+,36-,38?/m1/s1/i4D,7D,10D,13D.